The lowest BCUT2D eigenvalue weighted by Gasteiger charge is -2.25. The van der Waals surface area contributed by atoms with Gasteiger partial charge in [0.1, 0.15) is 24.7 Å². The molecule has 0 fully saturated rings. The van der Waals surface area contributed by atoms with Crippen molar-refractivity contribution in [3.05, 3.63) is 163 Å². The van der Waals surface area contributed by atoms with E-state index in [1.807, 2.05) is 78.9 Å². The van der Waals surface area contributed by atoms with Crippen molar-refractivity contribution in [2.24, 2.45) is 0 Å². The van der Waals surface area contributed by atoms with Crippen LogP contribution >= 0.6 is 0 Å². The van der Waals surface area contributed by atoms with Crippen LogP contribution in [0.15, 0.2) is 141 Å². The Bertz CT molecular complexity index is 1390. The summed E-state index contributed by atoms with van der Waals surface area (Å²) in [6.45, 7) is 8.64. The summed E-state index contributed by atoms with van der Waals surface area (Å²) in [6.07, 6.45) is 3.68. The van der Waals surface area contributed by atoms with Gasteiger partial charge in [-0.1, -0.05) is 92.0 Å². The smallest absolute Gasteiger partial charge is 0.119 e. The van der Waals surface area contributed by atoms with Gasteiger partial charge >= 0.3 is 0 Å². The van der Waals surface area contributed by atoms with Crippen LogP contribution in [-0.2, 0) is 13.2 Å². The number of anilines is 3. The van der Waals surface area contributed by atoms with Gasteiger partial charge in [0, 0.05) is 17.1 Å². The molecule has 0 saturated carbocycles. The standard InChI is InChI=1S/C36H31NO2/c1-3-28-10-14-30(15-11-28)26-38-35-22-18-33(19-23-35)37(32-8-6-5-7-9-32)34-20-24-36(25-21-34)39-27-31-16-12-29(4-2)13-17-31/h3-25H,1-2,26-27H2. The number of hydrogen-bond acceptors (Lipinski definition) is 3. The summed E-state index contributed by atoms with van der Waals surface area (Å²) in [6, 6.07) is 43.2. The van der Waals surface area contributed by atoms with Crippen LogP contribution in [0.1, 0.15) is 22.3 Å². The second-order valence-electron chi connectivity index (χ2n) is 9.13. The molecular weight excluding hydrogens is 478 g/mol. The first-order chi connectivity index (χ1) is 19.2. The fourth-order valence-electron chi connectivity index (χ4n) is 4.24. The molecule has 0 aliphatic heterocycles. The molecule has 0 saturated heterocycles. The summed E-state index contributed by atoms with van der Waals surface area (Å²) >= 11 is 0. The molecule has 5 rings (SSSR count). The van der Waals surface area contributed by atoms with Gasteiger partial charge in [-0.2, -0.15) is 0 Å². The molecule has 0 aromatic heterocycles. The van der Waals surface area contributed by atoms with Gasteiger partial charge in [-0.05, 0) is 82.9 Å². The molecule has 0 spiro atoms. The van der Waals surface area contributed by atoms with Crippen LogP contribution in [0.5, 0.6) is 11.5 Å². The normalized spacial score (nSPS) is 10.5. The minimum Gasteiger partial charge on any atom is -0.489 e. The van der Waals surface area contributed by atoms with Gasteiger partial charge in [-0.15, -0.1) is 0 Å². The molecule has 3 nitrogen and oxygen atoms in total. The Balaban J connectivity index is 1.29. The van der Waals surface area contributed by atoms with E-state index in [1.54, 1.807) is 0 Å². The Hall–Kier alpha value is -5.02. The van der Waals surface area contributed by atoms with E-state index >= 15 is 0 Å². The highest BCUT2D eigenvalue weighted by Gasteiger charge is 2.13. The van der Waals surface area contributed by atoms with E-state index < -0.39 is 0 Å². The van der Waals surface area contributed by atoms with Crippen molar-refractivity contribution in [2.45, 2.75) is 13.2 Å². The van der Waals surface area contributed by atoms with Gasteiger partial charge < -0.3 is 14.4 Å². The van der Waals surface area contributed by atoms with Crippen molar-refractivity contribution in [2.75, 3.05) is 4.90 Å². The van der Waals surface area contributed by atoms with E-state index in [4.69, 9.17) is 9.47 Å². The van der Waals surface area contributed by atoms with Crippen LogP contribution in [0.25, 0.3) is 12.2 Å². The van der Waals surface area contributed by atoms with Gasteiger partial charge in [0.05, 0.1) is 0 Å². The summed E-state index contributed by atoms with van der Waals surface area (Å²) < 4.78 is 12.1. The van der Waals surface area contributed by atoms with E-state index in [-0.39, 0.29) is 0 Å². The number of para-hydroxylation sites is 1. The van der Waals surface area contributed by atoms with E-state index in [9.17, 15) is 0 Å². The maximum absolute atomic E-state index is 6.04. The molecule has 0 radical (unpaired) electrons. The number of benzene rings is 5. The fraction of sp³-hybridized carbons (Fsp3) is 0.0556. The predicted molar refractivity (Wildman–Crippen MR) is 163 cm³/mol. The average molecular weight is 510 g/mol. The highest BCUT2D eigenvalue weighted by Crippen LogP contribution is 2.36. The molecule has 5 aromatic carbocycles. The maximum atomic E-state index is 6.04. The molecule has 0 aliphatic carbocycles. The third kappa shape index (κ3) is 6.65. The average Bonchev–Trinajstić information content (AvgIpc) is 3.01. The Kier molecular flexibility index (Phi) is 8.20. The number of nitrogens with zero attached hydrogens (tertiary/aromatic N) is 1. The second kappa shape index (κ2) is 12.5. The predicted octanol–water partition coefficient (Wildman–Crippen LogP) is 9.60. The van der Waals surface area contributed by atoms with Crippen molar-refractivity contribution in [1.29, 1.82) is 0 Å². The first-order valence-electron chi connectivity index (χ1n) is 13.0. The van der Waals surface area contributed by atoms with Crippen molar-refractivity contribution in [3.63, 3.8) is 0 Å². The van der Waals surface area contributed by atoms with Crippen molar-refractivity contribution >= 4 is 29.2 Å². The zero-order valence-electron chi connectivity index (χ0n) is 21.9. The lowest BCUT2D eigenvalue weighted by atomic mass is 10.1. The van der Waals surface area contributed by atoms with E-state index in [0.29, 0.717) is 13.2 Å². The van der Waals surface area contributed by atoms with Gasteiger partial charge in [-0.3, -0.25) is 0 Å². The van der Waals surface area contributed by atoms with Gasteiger partial charge in [0.2, 0.25) is 0 Å². The minimum absolute atomic E-state index is 0.513. The first kappa shape index (κ1) is 25.6. The van der Waals surface area contributed by atoms with Crippen LogP contribution in [-0.4, -0.2) is 0 Å². The van der Waals surface area contributed by atoms with Gasteiger partial charge in [-0.25, -0.2) is 0 Å². The topological polar surface area (TPSA) is 21.7 Å². The third-order valence-electron chi connectivity index (χ3n) is 6.45. The number of hydrogen-bond donors (Lipinski definition) is 0. The summed E-state index contributed by atoms with van der Waals surface area (Å²) in [4.78, 5) is 2.22. The summed E-state index contributed by atoms with van der Waals surface area (Å²) in [5.74, 6) is 1.65. The number of rotatable bonds is 11. The molecular formula is C36H31NO2. The van der Waals surface area contributed by atoms with E-state index in [1.165, 1.54) is 0 Å². The van der Waals surface area contributed by atoms with Gasteiger partial charge in [0.25, 0.3) is 0 Å². The molecule has 39 heavy (non-hydrogen) atoms. The largest absolute Gasteiger partial charge is 0.489 e. The summed E-state index contributed by atoms with van der Waals surface area (Å²) in [5, 5.41) is 0. The van der Waals surface area contributed by atoms with Crippen molar-refractivity contribution in [3.8, 4) is 11.5 Å². The molecule has 0 aliphatic rings. The quantitative estimate of drug-likeness (QED) is 0.177. The van der Waals surface area contributed by atoms with Crippen molar-refractivity contribution < 1.29 is 9.47 Å². The minimum atomic E-state index is 0.513. The third-order valence-corrected chi connectivity index (χ3v) is 6.45. The highest BCUT2D eigenvalue weighted by atomic mass is 16.5. The van der Waals surface area contributed by atoms with Crippen LogP contribution in [0.4, 0.5) is 17.1 Å². The lowest BCUT2D eigenvalue weighted by molar-refractivity contribution is 0.306. The number of ether oxygens (including phenoxy) is 2. The molecule has 192 valence electrons. The van der Waals surface area contributed by atoms with Crippen molar-refractivity contribution in [1.82, 2.24) is 0 Å². The molecule has 0 atom stereocenters. The fourth-order valence-corrected chi connectivity index (χ4v) is 4.24. The maximum Gasteiger partial charge on any atom is 0.119 e. The zero-order chi connectivity index (χ0) is 26.9. The van der Waals surface area contributed by atoms with E-state index in [2.05, 4.69) is 78.7 Å². The molecule has 0 heterocycles. The molecule has 0 bridgehead atoms. The summed E-state index contributed by atoms with van der Waals surface area (Å²) in [5.41, 5.74) is 7.59. The molecule has 5 aromatic rings. The van der Waals surface area contributed by atoms with E-state index in [0.717, 1.165) is 50.8 Å². The Labute approximate surface area is 230 Å². The molecule has 0 amide bonds. The molecule has 0 unspecified atom stereocenters. The van der Waals surface area contributed by atoms with Crippen LogP contribution < -0.4 is 14.4 Å². The second-order valence-corrected chi connectivity index (χ2v) is 9.13. The SMILES string of the molecule is C=Cc1ccc(COc2ccc(N(c3ccccc3)c3ccc(OCc4ccc(C=C)cc4)cc3)cc2)cc1. The Morgan fingerprint density at radius 1 is 0.462 bits per heavy atom. The van der Waals surface area contributed by atoms with Crippen LogP contribution in [0.3, 0.4) is 0 Å². The monoisotopic (exact) mass is 509 g/mol. The highest BCUT2D eigenvalue weighted by molar-refractivity contribution is 5.76. The molecule has 0 N–H and O–H groups in total. The lowest BCUT2D eigenvalue weighted by Crippen LogP contribution is -2.09. The van der Waals surface area contributed by atoms with Crippen LogP contribution in [0, 0.1) is 0 Å². The Morgan fingerprint density at radius 2 is 0.846 bits per heavy atom. The first-order valence-corrected chi connectivity index (χ1v) is 13.0. The van der Waals surface area contributed by atoms with Gasteiger partial charge in [0.15, 0.2) is 0 Å². The zero-order valence-corrected chi connectivity index (χ0v) is 21.9. The molecule has 3 heteroatoms. The Morgan fingerprint density at radius 3 is 1.23 bits per heavy atom. The van der Waals surface area contributed by atoms with Crippen LogP contribution in [0.2, 0.25) is 0 Å². The summed E-state index contributed by atoms with van der Waals surface area (Å²) in [7, 11) is 0.